The molecule has 5 heteroatoms. The molecule has 0 aliphatic rings. The first-order valence-corrected chi connectivity index (χ1v) is 5.16. The number of nitrogens with zero attached hydrogens (tertiary/aromatic N) is 3. The van der Waals surface area contributed by atoms with Crippen LogP contribution in [0, 0.1) is 0 Å². The van der Waals surface area contributed by atoms with E-state index in [4.69, 9.17) is 0 Å². The van der Waals surface area contributed by atoms with Gasteiger partial charge in [0.15, 0.2) is 5.82 Å². The van der Waals surface area contributed by atoms with Crippen molar-refractivity contribution in [2.45, 2.75) is 19.8 Å². The molecule has 2 heterocycles. The zero-order valence-corrected chi connectivity index (χ0v) is 8.97. The van der Waals surface area contributed by atoms with Crippen LogP contribution in [0.1, 0.15) is 19.0 Å². The number of hydrogen-bond acceptors (Lipinski definition) is 4. The topological polar surface area (TPSA) is 71.5 Å². The Labute approximate surface area is 92.6 Å². The van der Waals surface area contributed by atoms with E-state index in [1.807, 2.05) is 6.92 Å². The number of nitrogens with one attached hydrogen (secondary N) is 1. The Kier molecular flexibility index (Phi) is 3.05. The lowest BCUT2D eigenvalue weighted by Crippen LogP contribution is -2.10. The highest BCUT2D eigenvalue weighted by molar-refractivity contribution is 5.46. The first kappa shape index (κ1) is 10.5. The normalized spacial score (nSPS) is 10.3. The molecule has 5 nitrogen and oxygen atoms in total. The summed E-state index contributed by atoms with van der Waals surface area (Å²) in [7, 11) is 0. The number of aromatic amines is 1. The fraction of sp³-hybridized carbons (Fsp3) is 0.273. The van der Waals surface area contributed by atoms with Crippen LogP contribution >= 0.6 is 0 Å². The van der Waals surface area contributed by atoms with Gasteiger partial charge in [0, 0.05) is 24.2 Å². The molecule has 16 heavy (non-hydrogen) atoms. The third kappa shape index (κ3) is 2.31. The summed E-state index contributed by atoms with van der Waals surface area (Å²) in [6.07, 6.45) is 6.47. The van der Waals surface area contributed by atoms with Crippen molar-refractivity contribution in [2.24, 2.45) is 0 Å². The van der Waals surface area contributed by atoms with Gasteiger partial charge in [-0.05, 0) is 6.42 Å². The minimum atomic E-state index is -0.154. The number of H-pyrrole nitrogens is 1. The van der Waals surface area contributed by atoms with Crippen molar-refractivity contribution in [1.82, 2.24) is 19.9 Å². The molecule has 2 aromatic rings. The standard InChI is InChI=1S/C11H12N4O/c1-2-3-8-6-10(16)15-11(14-8)9-7-12-4-5-13-9/h4-7H,2-3H2,1H3,(H,14,15,16). The number of aromatic nitrogens is 4. The monoisotopic (exact) mass is 216 g/mol. The van der Waals surface area contributed by atoms with Crippen molar-refractivity contribution in [3.63, 3.8) is 0 Å². The summed E-state index contributed by atoms with van der Waals surface area (Å²) in [5.74, 6) is 0.476. The van der Waals surface area contributed by atoms with Gasteiger partial charge in [0.2, 0.25) is 0 Å². The second kappa shape index (κ2) is 4.65. The zero-order chi connectivity index (χ0) is 11.4. The number of rotatable bonds is 3. The van der Waals surface area contributed by atoms with E-state index < -0.39 is 0 Å². The van der Waals surface area contributed by atoms with Crippen molar-refractivity contribution in [2.75, 3.05) is 0 Å². The van der Waals surface area contributed by atoms with Crippen molar-refractivity contribution in [3.05, 3.63) is 40.7 Å². The van der Waals surface area contributed by atoms with Gasteiger partial charge in [0.05, 0.1) is 6.20 Å². The van der Waals surface area contributed by atoms with Gasteiger partial charge >= 0.3 is 0 Å². The summed E-state index contributed by atoms with van der Waals surface area (Å²) in [6.45, 7) is 2.05. The van der Waals surface area contributed by atoms with Gasteiger partial charge in [-0.2, -0.15) is 0 Å². The molecule has 0 aliphatic heterocycles. The highest BCUT2D eigenvalue weighted by Crippen LogP contribution is 2.08. The Morgan fingerprint density at radius 2 is 2.25 bits per heavy atom. The van der Waals surface area contributed by atoms with Gasteiger partial charge in [-0.1, -0.05) is 13.3 Å². The van der Waals surface area contributed by atoms with Crippen molar-refractivity contribution < 1.29 is 0 Å². The van der Waals surface area contributed by atoms with Crippen molar-refractivity contribution in [1.29, 1.82) is 0 Å². The second-order valence-corrected chi connectivity index (χ2v) is 3.43. The summed E-state index contributed by atoms with van der Waals surface area (Å²) < 4.78 is 0. The molecule has 0 aliphatic carbocycles. The molecule has 1 N–H and O–H groups in total. The van der Waals surface area contributed by atoms with E-state index in [2.05, 4.69) is 19.9 Å². The molecule has 0 bridgehead atoms. The van der Waals surface area contributed by atoms with Crippen LogP contribution in [0.5, 0.6) is 0 Å². The molecule has 0 unspecified atom stereocenters. The summed E-state index contributed by atoms with van der Waals surface area (Å²) in [4.78, 5) is 26.4. The van der Waals surface area contributed by atoms with Gasteiger partial charge in [-0.25, -0.2) is 9.97 Å². The van der Waals surface area contributed by atoms with Crippen LogP contribution in [0.15, 0.2) is 29.5 Å². The molecule has 0 spiro atoms. The van der Waals surface area contributed by atoms with Crippen LogP contribution in [0.3, 0.4) is 0 Å². The van der Waals surface area contributed by atoms with E-state index in [0.29, 0.717) is 11.5 Å². The minimum absolute atomic E-state index is 0.154. The first-order valence-electron chi connectivity index (χ1n) is 5.16. The molecule has 2 aromatic heterocycles. The minimum Gasteiger partial charge on any atom is -0.305 e. The van der Waals surface area contributed by atoms with Crippen LogP contribution in [0.25, 0.3) is 11.5 Å². The maximum absolute atomic E-state index is 11.4. The molecule has 0 saturated heterocycles. The Hall–Kier alpha value is -2.04. The fourth-order valence-electron chi connectivity index (χ4n) is 1.43. The summed E-state index contributed by atoms with van der Waals surface area (Å²) in [5.41, 5.74) is 1.21. The van der Waals surface area contributed by atoms with Crippen LogP contribution in [0.4, 0.5) is 0 Å². The summed E-state index contributed by atoms with van der Waals surface area (Å²) in [6, 6.07) is 1.52. The highest BCUT2D eigenvalue weighted by atomic mass is 16.1. The Balaban J connectivity index is 2.45. The van der Waals surface area contributed by atoms with Gasteiger partial charge in [0.25, 0.3) is 5.56 Å². The molecule has 82 valence electrons. The van der Waals surface area contributed by atoms with Crippen LogP contribution in [0.2, 0.25) is 0 Å². The quantitative estimate of drug-likeness (QED) is 0.836. The average Bonchev–Trinajstić information content (AvgIpc) is 2.30. The molecule has 0 aromatic carbocycles. The molecule has 0 atom stereocenters. The average molecular weight is 216 g/mol. The predicted molar refractivity (Wildman–Crippen MR) is 59.9 cm³/mol. The van der Waals surface area contributed by atoms with Crippen molar-refractivity contribution in [3.8, 4) is 11.5 Å². The molecular weight excluding hydrogens is 204 g/mol. The molecule has 2 rings (SSSR count). The predicted octanol–water partition coefficient (Wildman–Crippen LogP) is 1.18. The second-order valence-electron chi connectivity index (χ2n) is 3.43. The number of aryl methyl sites for hydroxylation is 1. The van der Waals surface area contributed by atoms with Gasteiger partial charge in [-0.15, -0.1) is 0 Å². The fourth-order valence-corrected chi connectivity index (χ4v) is 1.43. The van der Waals surface area contributed by atoms with E-state index in [1.54, 1.807) is 18.6 Å². The van der Waals surface area contributed by atoms with Gasteiger partial charge < -0.3 is 4.98 Å². The number of hydrogen-bond donors (Lipinski definition) is 1. The lowest BCUT2D eigenvalue weighted by molar-refractivity contribution is 0.867. The summed E-state index contributed by atoms with van der Waals surface area (Å²) >= 11 is 0. The van der Waals surface area contributed by atoms with E-state index in [-0.39, 0.29) is 5.56 Å². The third-order valence-corrected chi connectivity index (χ3v) is 2.11. The molecule has 0 radical (unpaired) electrons. The third-order valence-electron chi connectivity index (χ3n) is 2.11. The smallest absolute Gasteiger partial charge is 0.251 e. The Bertz CT molecular complexity index is 521. The van der Waals surface area contributed by atoms with E-state index >= 15 is 0 Å². The van der Waals surface area contributed by atoms with Gasteiger partial charge in [-0.3, -0.25) is 9.78 Å². The molecule has 0 fully saturated rings. The van der Waals surface area contributed by atoms with Crippen LogP contribution in [-0.2, 0) is 6.42 Å². The van der Waals surface area contributed by atoms with Crippen LogP contribution < -0.4 is 5.56 Å². The molecule has 0 amide bonds. The maximum Gasteiger partial charge on any atom is 0.251 e. The zero-order valence-electron chi connectivity index (χ0n) is 8.97. The van der Waals surface area contributed by atoms with E-state index in [1.165, 1.54) is 6.07 Å². The maximum atomic E-state index is 11.4. The van der Waals surface area contributed by atoms with Crippen LogP contribution in [-0.4, -0.2) is 19.9 Å². The van der Waals surface area contributed by atoms with Gasteiger partial charge in [0.1, 0.15) is 5.69 Å². The van der Waals surface area contributed by atoms with E-state index in [0.717, 1.165) is 18.5 Å². The lowest BCUT2D eigenvalue weighted by Gasteiger charge is -2.01. The largest absolute Gasteiger partial charge is 0.305 e. The van der Waals surface area contributed by atoms with E-state index in [9.17, 15) is 4.79 Å². The SMILES string of the molecule is CCCc1cc(=O)[nH]c(-c2cnccn2)n1. The van der Waals surface area contributed by atoms with Crippen molar-refractivity contribution >= 4 is 0 Å². The lowest BCUT2D eigenvalue weighted by atomic mass is 10.2. The molecular formula is C11H12N4O. The Morgan fingerprint density at radius 1 is 1.38 bits per heavy atom. The highest BCUT2D eigenvalue weighted by Gasteiger charge is 2.04. The summed E-state index contributed by atoms with van der Waals surface area (Å²) in [5, 5.41) is 0. The Morgan fingerprint density at radius 3 is 2.94 bits per heavy atom. The first-order chi connectivity index (χ1) is 7.79. The molecule has 0 saturated carbocycles.